The van der Waals surface area contributed by atoms with E-state index in [1.807, 2.05) is 23.9 Å². The van der Waals surface area contributed by atoms with Gasteiger partial charge in [0, 0.05) is 24.5 Å². The number of halogens is 1. The Morgan fingerprint density at radius 2 is 2.05 bits per heavy atom. The number of hydrogen-bond donors (Lipinski definition) is 0. The van der Waals surface area contributed by atoms with E-state index in [0.717, 1.165) is 29.6 Å². The Morgan fingerprint density at radius 3 is 2.90 bits per heavy atom. The first-order valence-electron chi connectivity index (χ1n) is 6.97. The second kappa shape index (κ2) is 5.35. The summed E-state index contributed by atoms with van der Waals surface area (Å²) < 4.78 is 0. The van der Waals surface area contributed by atoms with Crippen LogP contribution in [0.25, 0.3) is 0 Å². The summed E-state index contributed by atoms with van der Waals surface area (Å²) in [6.45, 7) is 0.935. The molecule has 0 N–H and O–H groups in total. The minimum atomic E-state index is 0.464. The van der Waals surface area contributed by atoms with Gasteiger partial charge >= 0.3 is 0 Å². The molecule has 5 heteroatoms. The van der Waals surface area contributed by atoms with E-state index in [1.165, 1.54) is 11.1 Å². The van der Waals surface area contributed by atoms with Gasteiger partial charge in [-0.05, 0) is 29.7 Å². The molecule has 3 nitrogen and oxygen atoms in total. The Bertz CT molecular complexity index is 716. The van der Waals surface area contributed by atoms with Crippen LogP contribution in [0.5, 0.6) is 0 Å². The maximum Gasteiger partial charge on any atom is 0.165 e. The molecule has 2 aliphatic heterocycles. The zero-order valence-corrected chi connectivity index (χ0v) is 12.9. The lowest BCUT2D eigenvalue weighted by molar-refractivity contribution is 0.320. The van der Waals surface area contributed by atoms with E-state index in [2.05, 4.69) is 34.1 Å². The average molecular weight is 316 g/mol. The van der Waals surface area contributed by atoms with Crippen molar-refractivity contribution in [3.05, 3.63) is 58.9 Å². The van der Waals surface area contributed by atoms with Crippen molar-refractivity contribution in [1.29, 1.82) is 0 Å². The maximum atomic E-state index is 6.11. The molecule has 1 aromatic carbocycles. The zero-order chi connectivity index (χ0) is 14.2. The Hall–Kier alpha value is -1.52. The van der Waals surface area contributed by atoms with Crippen LogP contribution < -0.4 is 0 Å². The van der Waals surface area contributed by atoms with Crippen molar-refractivity contribution in [3.63, 3.8) is 0 Å². The molecule has 4 rings (SSSR count). The van der Waals surface area contributed by atoms with E-state index >= 15 is 0 Å². The van der Waals surface area contributed by atoms with E-state index in [9.17, 15) is 0 Å². The number of fused-ring (bicyclic) bond motifs is 2. The number of nitrogens with zero attached hydrogens (tertiary/aromatic N) is 3. The highest BCUT2D eigenvalue weighted by Crippen LogP contribution is 2.35. The van der Waals surface area contributed by atoms with Crippen molar-refractivity contribution in [3.8, 4) is 0 Å². The summed E-state index contributed by atoms with van der Waals surface area (Å²) in [7, 11) is 0. The Morgan fingerprint density at radius 1 is 1.19 bits per heavy atom. The van der Waals surface area contributed by atoms with Crippen molar-refractivity contribution in [2.45, 2.75) is 19.0 Å². The van der Waals surface area contributed by atoms with Crippen LogP contribution in [0.15, 0.2) is 47.6 Å². The van der Waals surface area contributed by atoms with Gasteiger partial charge in [0.25, 0.3) is 0 Å². The van der Waals surface area contributed by atoms with Crippen molar-refractivity contribution in [1.82, 2.24) is 9.88 Å². The Labute approximate surface area is 133 Å². The summed E-state index contributed by atoms with van der Waals surface area (Å²) >= 11 is 7.92. The molecule has 1 aromatic heterocycles. The number of aliphatic imine (C=N–C) groups is 1. The predicted molar refractivity (Wildman–Crippen MR) is 88.3 cm³/mol. The van der Waals surface area contributed by atoms with E-state index in [0.29, 0.717) is 11.2 Å². The fourth-order valence-electron chi connectivity index (χ4n) is 2.87. The predicted octanol–water partition coefficient (Wildman–Crippen LogP) is 3.90. The molecule has 0 saturated carbocycles. The second-order valence-corrected chi connectivity index (χ2v) is 6.62. The molecule has 3 heterocycles. The lowest BCUT2D eigenvalue weighted by atomic mass is 9.95. The molecule has 106 valence electrons. The van der Waals surface area contributed by atoms with Crippen LogP contribution in [-0.4, -0.2) is 26.8 Å². The van der Waals surface area contributed by atoms with E-state index in [1.54, 1.807) is 6.20 Å². The molecule has 2 aliphatic rings. The fourth-order valence-corrected chi connectivity index (χ4v) is 4.22. The highest BCUT2D eigenvalue weighted by Gasteiger charge is 2.34. The summed E-state index contributed by atoms with van der Waals surface area (Å²) in [4.78, 5) is 11.2. The number of thioether (sulfide) groups is 1. The topological polar surface area (TPSA) is 28.5 Å². The van der Waals surface area contributed by atoms with Crippen LogP contribution >= 0.6 is 23.4 Å². The molecule has 1 fully saturated rings. The van der Waals surface area contributed by atoms with Crippen molar-refractivity contribution < 1.29 is 0 Å². The number of aromatic nitrogens is 1. The Balaban J connectivity index is 1.67. The lowest BCUT2D eigenvalue weighted by Crippen LogP contribution is -2.38. The van der Waals surface area contributed by atoms with Crippen LogP contribution in [0.4, 0.5) is 5.69 Å². The Kier molecular flexibility index (Phi) is 3.36. The molecule has 0 amide bonds. The number of rotatable bonds is 1. The molecule has 0 radical (unpaired) electrons. The van der Waals surface area contributed by atoms with Gasteiger partial charge in [-0.2, -0.15) is 0 Å². The van der Waals surface area contributed by atoms with E-state index in [-0.39, 0.29) is 0 Å². The first-order valence-corrected chi connectivity index (χ1v) is 8.33. The summed E-state index contributed by atoms with van der Waals surface area (Å²) in [5.41, 5.74) is 3.63. The lowest BCUT2D eigenvalue weighted by Gasteiger charge is -2.32. The first-order chi connectivity index (χ1) is 10.3. The second-order valence-electron chi connectivity index (χ2n) is 5.27. The third-order valence-corrected chi connectivity index (χ3v) is 5.39. The SMILES string of the molecule is Clc1ncccc1N=C1SCC2Cc3ccccc3CN12. The van der Waals surface area contributed by atoms with Crippen molar-refractivity contribution in [2.24, 2.45) is 4.99 Å². The van der Waals surface area contributed by atoms with Gasteiger partial charge in [-0.25, -0.2) is 9.98 Å². The molecule has 0 aliphatic carbocycles. The monoisotopic (exact) mass is 315 g/mol. The quantitative estimate of drug-likeness (QED) is 0.747. The summed E-state index contributed by atoms with van der Waals surface area (Å²) in [6, 6.07) is 13.0. The van der Waals surface area contributed by atoms with Gasteiger partial charge in [0.05, 0.1) is 0 Å². The number of amidine groups is 1. The summed E-state index contributed by atoms with van der Waals surface area (Å²) in [5.74, 6) is 1.09. The van der Waals surface area contributed by atoms with Gasteiger partial charge in [-0.3, -0.25) is 0 Å². The van der Waals surface area contributed by atoms with Gasteiger partial charge in [-0.1, -0.05) is 47.6 Å². The highest BCUT2D eigenvalue weighted by molar-refractivity contribution is 8.14. The van der Waals surface area contributed by atoms with Crippen LogP contribution in [0.3, 0.4) is 0 Å². The minimum Gasteiger partial charge on any atom is -0.343 e. The third kappa shape index (κ3) is 2.43. The number of hydrogen-bond acceptors (Lipinski definition) is 3. The molecule has 1 unspecified atom stereocenters. The molecule has 1 atom stereocenters. The first kappa shape index (κ1) is 13.2. The van der Waals surface area contributed by atoms with Crippen LogP contribution in [0, 0.1) is 0 Å². The van der Waals surface area contributed by atoms with E-state index < -0.39 is 0 Å². The van der Waals surface area contributed by atoms with Gasteiger partial charge in [0.15, 0.2) is 10.3 Å². The van der Waals surface area contributed by atoms with Gasteiger partial charge in [0.2, 0.25) is 0 Å². The highest BCUT2D eigenvalue weighted by atomic mass is 35.5. The van der Waals surface area contributed by atoms with Crippen LogP contribution in [0.2, 0.25) is 5.15 Å². The van der Waals surface area contributed by atoms with Gasteiger partial charge in [-0.15, -0.1) is 0 Å². The fraction of sp³-hybridized carbons (Fsp3) is 0.250. The molecular weight excluding hydrogens is 302 g/mol. The molecule has 2 aromatic rings. The summed E-state index contributed by atoms with van der Waals surface area (Å²) in [5, 5.41) is 1.52. The van der Waals surface area contributed by atoms with Gasteiger partial charge < -0.3 is 4.90 Å². The number of pyridine rings is 1. The summed E-state index contributed by atoms with van der Waals surface area (Å²) in [6.07, 6.45) is 2.79. The molecule has 1 saturated heterocycles. The average Bonchev–Trinajstić information content (AvgIpc) is 2.89. The zero-order valence-electron chi connectivity index (χ0n) is 11.4. The molecule has 21 heavy (non-hydrogen) atoms. The smallest absolute Gasteiger partial charge is 0.165 e. The molecular formula is C16H14ClN3S. The van der Waals surface area contributed by atoms with Crippen molar-refractivity contribution in [2.75, 3.05) is 5.75 Å². The van der Waals surface area contributed by atoms with Crippen molar-refractivity contribution >= 4 is 34.2 Å². The van der Waals surface area contributed by atoms with Crippen LogP contribution in [-0.2, 0) is 13.0 Å². The third-order valence-electron chi connectivity index (χ3n) is 3.96. The minimum absolute atomic E-state index is 0.464. The maximum absolute atomic E-state index is 6.11. The molecule has 0 spiro atoms. The standard InChI is InChI=1S/C16H14ClN3S/c17-15-14(6-3-7-18-15)19-16-20-9-12-5-2-1-4-11(12)8-13(20)10-21-16/h1-7,13H,8-10H2. The number of benzene rings is 1. The molecule has 0 bridgehead atoms. The normalized spacial score (nSPS) is 22.2. The van der Waals surface area contributed by atoms with Crippen LogP contribution in [0.1, 0.15) is 11.1 Å². The largest absolute Gasteiger partial charge is 0.343 e. The van der Waals surface area contributed by atoms with Gasteiger partial charge in [0.1, 0.15) is 5.69 Å². The van der Waals surface area contributed by atoms with E-state index in [4.69, 9.17) is 16.6 Å².